The number of carbonyl (C=O) groups is 1. The zero-order chi connectivity index (χ0) is 18.7. The van der Waals surface area contributed by atoms with Crippen molar-refractivity contribution in [2.45, 2.75) is 37.6 Å². The minimum atomic E-state index is -0.426. The molecule has 0 aliphatic rings. The van der Waals surface area contributed by atoms with Crippen molar-refractivity contribution in [3.05, 3.63) is 46.4 Å². The number of aryl methyl sites for hydroxylation is 1. The van der Waals surface area contributed by atoms with Crippen LogP contribution in [-0.4, -0.2) is 37.6 Å². The molecule has 1 atom stereocenters. The van der Waals surface area contributed by atoms with E-state index < -0.39 is 5.25 Å². The molecule has 0 spiro atoms. The highest BCUT2D eigenvalue weighted by molar-refractivity contribution is 8.00. The third kappa shape index (κ3) is 3.50. The van der Waals surface area contributed by atoms with E-state index in [9.17, 15) is 9.59 Å². The molecule has 0 amide bonds. The SMILES string of the molecule is CCOC(=O)C(CC)Sc1nc2c(cnn2-c2ccccc2C)c(=O)[nH]1. The highest BCUT2D eigenvalue weighted by atomic mass is 32.2. The number of rotatable bonds is 6. The average molecular weight is 372 g/mol. The standard InChI is InChI=1S/C18H20N4O3S/c1-4-14(17(24)25-5-2)26-18-20-15-12(16(23)21-18)10-19-22(15)13-9-7-6-8-11(13)3/h6-10,14H,4-5H2,1-3H3,(H,20,21,23). The lowest BCUT2D eigenvalue weighted by molar-refractivity contribution is -0.142. The van der Waals surface area contributed by atoms with Gasteiger partial charge in [0.15, 0.2) is 10.8 Å². The maximum Gasteiger partial charge on any atom is 0.319 e. The van der Waals surface area contributed by atoms with Crippen LogP contribution in [0.5, 0.6) is 0 Å². The van der Waals surface area contributed by atoms with Crippen LogP contribution in [0.25, 0.3) is 16.7 Å². The fraction of sp³-hybridized carbons (Fsp3) is 0.333. The summed E-state index contributed by atoms with van der Waals surface area (Å²) < 4.78 is 6.73. The number of esters is 1. The van der Waals surface area contributed by atoms with Crippen molar-refractivity contribution in [2.24, 2.45) is 0 Å². The summed E-state index contributed by atoms with van der Waals surface area (Å²) in [5, 5.41) is 4.68. The maximum absolute atomic E-state index is 12.4. The quantitative estimate of drug-likeness (QED) is 0.406. The fourth-order valence-corrected chi connectivity index (χ4v) is 3.49. The van der Waals surface area contributed by atoms with Crippen molar-refractivity contribution in [3.63, 3.8) is 0 Å². The van der Waals surface area contributed by atoms with Gasteiger partial charge in [-0.2, -0.15) is 5.10 Å². The fourth-order valence-electron chi connectivity index (χ4n) is 2.60. The van der Waals surface area contributed by atoms with Crippen LogP contribution < -0.4 is 5.56 Å². The molecule has 1 aromatic carbocycles. The highest BCUT2D eigenvalue weighted by Gasteiger charge is 2.21. The second-order valence-corrected chi connectivity index (χ2v) is 6.91. The Balaban J connectivity index is 2.04. The number of nitrogens with one attached hydrogen (secondary N) is 1. The third-order valence-electron chi connectivity index (χ3n) is 3.93. The van der Waals surface area contributed by atoms with E-state index in [-0.39, 0.29) is 11.5 Å². The number of benzene rings is 1. The van der Waals surface area contributed by atoms with Crippen LogP contribution >= 0.6 is 11.8 Å². The first kappa shape index (κ1) is 18.2. The molecule has 0 bridgehead atoms. The van der Waals surface area contributed by atoms with Gasteiger partial charge < -0.3 is 9.72 Å². The van der Waals surface area contributed by atoms with Crippen molar-refractivity contribution in [3.8, 4) is 5.69 Å². The van der Waals surface area contributed by atoms with Crippen LogP contribution in [-0.2, 0) is 9.53 Å². The molecule has 8 heteroatoms. The van der Waals surface area contributed by atoms with Gasteiger partial charge in [-0.1, -0.05) is 36.9 Å². The Kier molecular flexibility index (Phi) is 5.41. The Morgan fingerprint density at radius 3 is 2.81 bits per heavy atom. The predicted molar refractivity (Wildman–Crippen MR) is 101 cm³/mol. The largest absolute Gasteiger partial charge is 0.465 e. The summed E-state index contributed by atoms with van der Waals surface area (Å²) in [7, 11) is 0. The Morgan fingerprint density at radius 2 is 2.12 bits per heavy atom. The van der Waals surface area contributed by atoms with E-state index in [1.807, 2.05) is 38.1 Å². The van der Waals surface area contributed by atoms with E-state index in [2.05, 4.69) is 15.1 Å². The van der Waals surface area contributed by atoms with Gasteiger partial charge in [-0.25, -0.2) is 9.67 Å². The summed E-state index contributed by atoms with van der Waals surface area (Å²) in [5.41, 5.74) is 2.06. The molecule has 0 radical (unpaired) electrons. The molecule has 0 aliphatic carbocycles. The van der Waals surface area contributed by atoms with Crippen LogP contribution in [0, 0.1) is 6.92 Å². The van der Waals surface area contributed by atoms with Crippen LogP contribution in [0.4, 0.5) is 0 Å². The van der Waals surface area contributed by atoms with E-state index in [0.717, 1.165) is 11.3 Å². The molecule has 1 unspecified atom stereocenters. The monoisotopic (exact) mass is 372 g/mol. The number of para-hydroxylation sites is 1. The number of carbonyl (C=O) groups excluding carboxylic acids is 1. The highest BCUT2D eigenvalue weighted by Crippen LogP contribution is 2.24. The number of thioether (sulfide) groups is 1. The normalized spacial score (nSPS) is 12.3. The van der Waals surface area contributed by atoms with E-state index in [0.29, 0.717) is 29.2 Å². The van der Waals surface area contributed by atoms with Crippen molar-refractivity contribution in [1.29, 1.82) is 0 Å². The minimum absolute atomic E-state index is 0.281. The Bertz CT molecular complexity index is 996. The molecule has 2 aromatic heterocycles. The van der Waals surface area contributed by atoms with Gasteiger partial charge in [-0.05, 0) is 31.9 Å². The predicted octanol–water partition coefficient (Wildman–Crippen LogP) is 2.85. The summed E-state index contributed by atoms with van der Waals surface area (Å²) in [6.07, 6.45) is 2.08. The molecule has 136 valence electrons. The molecule has 3 rings (SSSR count). The summed E-state index contributed by atoms with van der Waals surface area (Å²) in [4.78, 5) is 31.7. The first-order chi connectivity index (χ1) is 12.5. The molecular formula is C18H20N4O3S. The second kappa shape index (κ2) is 7.74. The van der Waals surface area contributed by atoms with Crippen LogP contribution in [0.3, 0.4) is 0 Å². The van der Waals surface area contributed by atoms with Gasteiger partial charge >= 0.3 is 5.97 Å². The van der Waals surface area contributed by atoms with Gasteiger partial charge in [0.2, 0.25) is 0 Å². The van der Waals surface area contributed by atoms with Gasteiger partial charge in [0.1, 0.15) is 10.6 Å². The number of nitrogens with zero attached hydrogens (tertiary/aromatic N) is 3. The lowest BCUT2D eigenvalue weighted by Crippen LogP contribution is -2.20. The number of ether oxygens (including phenoxy) is 1. The number of aromatic amines is 1. The van der Waals surface area contributed by atoms with Gasteiger partial charge in [0.25, 0.3) is 5.56 Å². The molecule has 0 saturated heterocycles. The molecule has 3 aromatic rings. The second-order valence-electron chi connectivity index (χ2n) is 5.72. The van der Waals surface area contributed by atoms with Crippen LogP contribution in [0.1, 0.15) is 25.8 Å². The molecule has 0 saturated carbocycles. The van der Waals surface area contributed by atoms with Crippen LogP contribution in [0.15, 0.2) is 40.4 Å². The molecular weight excluding hydrogens is 352 g/mol. The molecule has 0 fully saturated rings. The lowest BCUT2D eigenvalue weighted by Gasteiger charge is -2.12. The van der Waals surface area contributed by atoms with Crippen molar-refractivity contribution >= 4 is 28.8 Å². The van der Waals surface area contributed by atoms with Crippen LogP contribution in [0.2, 0.25) is 0 Å². The number of fused-ring (bicyclic) bond motifs is 1. The summed E-state index contributed by atoms with van der Waals surface area (Å²) in [6, 6.07) is 7.74. The van der Waals surface area contributed by atoms with E-state index >= 15 is 0 Å². The lowest BCUT2D eigenvalue weighted by atomic mass is 10.2. The Labute approximate surface area is 154 Å². The number of hydrogen-bond acceptors (Lipinski definition) is 6. The van der Waals surface area contributed by atoms with E-state index in [4.69, 9.17) is 4.74 Å². The molecule has 7 nitrogen and oxygen atoms in total. The summed E-state index contributed by atoms with van der Waals surface area (Å²) in [5.74, 6) is -0.310. The zero-order valence-corrected chi connectivity index (χ0v) is 15.7. The maximum atomic E-state index is 12.4. The minimum Gasteiger partial charge on any atom is -0.465 e. The summed E-state index contributed by atoms with van der Waals surface area (Å²) >= 11 is 1.19. The molecule has 0 aliphatic heterocycles. The summed E-state index contributed by atoms with van der Waals surface area (Å²) in [6.45, 7) is 5.95. The van der Waals surface area contributed by atoms with E-state index in [1.165, 1.54) is 18.0 Å². The number of aromatic nitrogens is 4. The van der Waals surface area contributed by atoms with Crippen molar-refractivity contribution < 1.29 is 9.53 Å². The smallest absolute Gasteiger partial charge is 0.319 e. The van der Waals surface area contributed by atoms with Gasteiger partial charge in [0, 0.05) is 0 Å². The first-order valence-corrected chi connectivity index (χ1v) is 9.30. The molecule has 1 N–H and O–H groups in total. The number of hydrogen-bond donors (Lipinski definition) is 1. The molecule has 26 heavy (non-hydrogen) atoms. The average Bonchev–Trinajstić information content (AvgIpc) is 3.04. The Hall–Kier alpha value is -2.61. The van der Waals surface area contributed by atoms with E-state index in [1.54, 1.807) is 11.6 Å². The van der Waals surface area contributed by atoms with Crippen molar-refractivity contribution in [2.75, 3.05) is 6.61 Å². The third-order valence-corrected chi connectivity index (χ3v) is 5.16. The van der Waals surface area contributed by atoms with Gasteiger partial charge in [-0.15, -0.1) is 0 Å². The zero-order valence-electron chi connectivity index (χ0n) is 14.9. The Morgan fingerprint density at radius 1 is 1.35 bits per heavy atom. The van der Waals surface area contributed by atoms with Gasteiger partial charge in [-0.3, -0.25) is 9.59 Å². The molecule has 2 heterocycles. The topological polar surface area (TPSA) is 89.9 Å². The van der Waals surface area contributed by atoms with Crippen molar-refractivity contribution in [1.82, 2.24) is 19.7 Å². The number of H-pyrrole nitrogens is 1. The first-order valence-electron chi connectivity index (χ1n) is 8.42. The van der Waals surface area contributed by atoms with Gasteiger partial charge in [0.05, 0.1) is 18.5 Å².